The zero-order valence-corrected chi connectivity index (χ0v) is 18.6. The minimum Gasteiger partial charge on any atom is -0.457 e. The molecular formula is C26H20N2O5. The van der Waals surface area contributed by atoms with E-state index in [1.54, 1.807) is 18.2 Å². The van der Waals surface area contributed by atoms with E-state index >= 15 is 0 Å². The van der Waals surface area contributed by atoms with Crippen LogP contribution in [0.4, 0.5) is 0 Å². The average molecular weight is 440 g/mol. The Morgan fingerprint density at radius 3 is 1.61 bits per heavy atom. The zero-order valence-electron chi connectivity index (χ0n) is 18.6. The van der Waals surface area contributed by atoms with Gasteiger partial charge in [-0.3, -0.25) is 23.7 Å². The molecule has 0 aliphatic rings. The van der Waals surface area contributed by atoms with Crippen LogP contribution in [-0.2, 0) is 7.05 Å². The summed E-state index contributed by atoms with van der Waals surface area (Å²) in [6.07, 6.45) is 0. The molecule has 3 aromatic carbocycles. The third-order valence-corrected chi connectivity index (χ3v) is 6.06. The number of fused-ring (bicyclic) bond motifs is 2. The molecule has 7 heteroatoms. The van der Waals surface area contributed by atoms with Crippen LogP contribution in [0.3, 0.4) is 0 Å². The largest absolute Gasteiger partial charge is 0.457 e. The number of aryl methyl sites for hydroxylation is 3. The predicted octanol–water partition coefficient (Wildman–Crippen LogP) is 3.16. The van der Waals surface area contributed by atoms with Crippen LogP contribution in [0, 0.1) is 20.8 Å². The summed E-state index contributed by atoms with van der Waals surface area (Å²) in [6, 6.07) is 13.7. The Morgan fingerprint density at radius 2 is 1.09 bits per heavy atom. The lowest BCUT2D eigenvalue weighted by Crippen LogP contribution is -2.23. The highest BCUT2D eigenvalue weighted by Gasteiger charge is 2.19. The second kappa shape index (κ2) is 7.13. The van der Waals surface area contributed by atoms with Crippen LogP contribution in [0.25, 0.3) is 27.2 Å². The van der Waals surface area contributed by atoms with Gasteiger partial charge >= 0.3 is 0 Å². The molecule has 0 unspecified atom stereocenters. The van der Waals surface area contributed by atoms with Crippen LogP contribution in [0.15, 0.2) is 67.7 Å². The molecule has 0 saturated carbocycles. The van der Waals surface area contributed by atoms with Gasteiger partial charge in [-0.25, -0.2) is 4.57 Å². The smallest absolute Gasteiger partial charge is 0.266 e. The van der Waals surface area contributed by atoms with Gasteiger partial charge in [-0.05, 0) is 68.3 Å². The summed E-state index contributed by atoms with van der Waals surface area (Å²) in [4.78, 5) is 50.8. The standard InChI is InChI=1S/C26H20N2O5/c1-13-5-7-21(14(2)9-13)33-22-8-6-16(10-15(22)3)28-25(31)19-11-17-18(12-20(19)26(28)32)24(30)27(4)23(17)29/h5-12H,1-4H3. The highest BCUT2D eigenvalue weighted by molar-refractivity contribution is 5.98. The first-order valence-electron chi connectivity index (χ1n) is 10.4. The number of benzene rings is 3. The van der Waals surface area contributed by atoms with Crippen molar-refractivity contribution in [3.8, 4) is 17.2 Å². The lowest BCUT2D eigenvalue weighted by Gasteiger charge is -2.12. The van der Waals surface area contributed by atoms with E-state index in [0.29, 0.717) is 11.4 Å². The van der Waals surface area contributed by atoms with Crippen molar-refractivity contribution < 1.29 is 4.74 Å². The second-order valence-electron chi connectivity index (χ2n) is 8.38. The Labute approximate surface area is 187 Å². The van der Waals surface area contributed by atoms with E-state index in [1.165, 1.54) is 19.2 Å². The van der Waals surface area contributed by atoms with Crippen LogP contribution < -0.4 is 27.0 Å². The monoisotopic (exact) mass is 440 g/mol. The summed E-state index contributed by atoms with van der Waals surface area (Å²) in [5.74, 6) is 1.34. The van der Waals surface area contributed by atoms with Gasteiger partial charge in [0.15, 0.2) is 0 Å². The fraction of sp³-hybridized carbons (Fsp3) is 0.154. The molecule has 33 heavy (non-hydrogen) atoms. The minimum absolute atomic E-state index is 0.114. The van der Waals surface area contributed by atoms with E-state index in [0.717, 1.165) is 31.6 Å². The molecule has 2 heterocycles. The number of nitrogens with zero attached hydrogens (tertiary/aromatic N) is 2. The first kappa shape index (κ1) is 20.6. The fourth-order valence-corrected chi connectivity index (χ4v) is 4.25. The van der Waals surface area contributed by atoms with E-state index in [1.807, 2.05) is 39.0 Å². The molecule has 0 amide bonds. The maximum Gasteiger partial charge on any atom is 0.266 e. The van der Waals surface area contributed by atoms with E-state index < -0.39 is 22.2 Å². The summed E-state index contributed by atoms with van der Waals surface area (Å²) in [6.45, 7) is 5.81. The first-order valence-corrected chi connectivity index (χ1v) is 10.4. The van der Waals surface area contributed by atoms with Crippen molar-refractivity contribution in [2.45, 2.75) is 20.8 Å². The molecule has 7 nitrogen and oxygen atoms in total. The lowest BCUT2D eigenvalue weighted by molar-refractivity contribution is 0.475. The molecule has 0 spiro atoms. The van der Waals surface area contributed by atoms with Gasteiger partial charge in [0.1, 0.15) is 11.5 Å². The second-order valence-corrected chi connectivity index (χ2v) is 8.38. The SMILES string of the molecule is Cc1ccc(Oc2ccc(-n3c(=O)c4cc5c(=O)n(C)c(=O)c5cc4c3=O)cc2C)c(C)c1. The van der Waals surface area contributed by atoms with Gasteiger partial charge in [0.05, 0.1) is 27.2 Å². The molecule has 5 aromatic rings. The Balaban J connectivity index is 1.64. The number of hydrogen-bond donors (Lipinski definition) is 0. The lowest BCUT2D eigenvalue weighted by atomic mass is 10.1. The Morgan fingerprint density at radius 1 is 0.606 bits per heavy atom. The molecule has 0 N–H and O–H groups in total. The van der Waals surface area contributed by atoms with Crippen LogP contribution in [0.5, 0.6) is 11.5 Å². The quantitative estimate of drug-likeness (QED) is 0.430. The van der Waals surface area contributed by atoms with Gasteiger partial charge in [-0.1, -0.05) is 17.7 Å². The Hall–Kier alpha value is -4.26. The van der Waals surface area contributed by atoms with Crippen molar-refractivity contribution >= 4 is 21.5 Å². The van der Waals surface area contributed by atoms with Crippen LogP contribution >= 0.6 is 0 Å². The van der Waals surface area contributed by atoms with Gasteiger partial charge in [0, 0.05) is 7.05 Å². The van der Waals surface area contributed by atoms with E-state index in [9.17, 15) is 19.2 Å². The maximum atomic E-state index is 13.1. The van der Waals surface area contributed by atoms with Gasteiger partial charge in [-0.2, -0.15) is 0 Å². The molecule has 0 fully saturated rings. The topological polar surface area (TPSA) is 87.4 Å². The molecule has 2 aromatic heterocycles. The van der Waals surface area contributed by atoms with Crippen LogP contribution in [0.2, 0.25) is 0 Å². The molecule has 164 valence electrons. The van der Waals surface area contributed by atoms with Crippen LogP contribution in [-0.4, -0.2) is 9.13 Å². The summed E-state index contributed by atoms with van der Waals surface area (Å²) < 4.78 is 8.09. The highest BCUT2D eigenvalue weighted by atomic mass is 16.5. The normalized spacial score (nSPS) is 11.5. The van der Waals surface area contributed by atoms with E-state index in [-0.39, 0.29) is 21.5 Å². The molecule has 0 bridgehead atoms. The molecule has 0 atom stereocenters. The first-order chi connectivity index (χ1) is 15.7. The molecule has 0 aliphatic heterocycles. The summed E-state index contributed by atoms with van der Waals surface area (Å²) in [7, 11) is 1.37. The van der Waals surface area contributed by atoms with Crippen molar-refractivity contribution in [3.05, 3.63) is 107 Å². The summed E-state index contributed by atoms with van der Waals surface area (Å²) in [5.41, 5.74) is 1.24. The zero-order chi connectivity index (χ0) is 23.6. The van der Waals surface area contributed by atoms with Gasteiger partial charge in [0.2, 0.25) is 0 Å². The fourth-order valence-electron chi connectivity index (χ4n) is 4.25. The highest BCUT2D eigenvalue weighted by Crippen LogP contribution is 2.29. The minimum atomic E-state index is -0.532. The Bertz CT molecular complexity index is 1740. The van der Waals surface area contributed by atoms with Crippen molar-refractivity contribution in [2.24, 2.45) is 7.05 Å². The molecule has 0 aliphatic carbocycles. The third-order valence-electron chi connectivity index (χ3n) is 6.06. The van der Waals surface area contributed by atoms with Crippen molar-refractivity contribution in [1.82, 2.24) is 9.13 Å². The van der Waals surface area contributed by atoms with E-state index in [2.05, 4.69) is 0 Å². The molecule has 5 rings (SSSR count). The van der Waals surface area contributed by atoms with Gasteiger partial charge in [0.25, 0.3) is 22.2 Å². The van der Waals surface area contributed by atoms with Crippen molar-refractivity contribution in [3.63, 3.8) is 0 Å². The molecule has 0 radical (unpaired) electrons. The van der Waals surface area contributed by atoms with Gasteiger partial charge in [-0.15, -0.1) is 0 Å². The number of hydrogen-bond acceptors (Lipinski definition) is 5. The number of aromatic nitrogens is 2. The predicted molar refractivity (Wildman–Crippen MR) is 128 cm³/mol. The van der Waals surface area contributed by atoms with Crippen LogP contribution in [0.1, 0.15) is 16.7 Å². The van der Waals surface area contributed by atoms with Gasteiger partial charge < -0.3 is 4.74 Å². The summed E-state index contributed by atoms with van der Waals surface area (Å²) >= 11 is 0. The van der Waals surface area contributed by atoms with E-state index in [4.69, 9.17) is 4.74 Å². The summed E-state index contributed by atoms with van der Waals surface area (Å²) in [5, 5.41) is 0.502. The number of ether oxygens (including phenoxy) is 1. The molecular weight excluding hydrogens is 420 g/mol. The Kier molecular flexibility index (Phi) is 4.46. The maximum absolute atomic E-state index is 13.1. The van der Waals surface area contributed by atoms with Crippen molar-refractivity contribution in [1.29, 1.82) is 0 Å². The third kappa shape index (κ3) is 3.04. The molecule has 0 saturated heterocycles. The van der Waals surface area contributed by atoms with Crippen molar-refractivity contribution in [2.75, 3.05) is 0 Å². The average Bonchev–Trinajstić information content (AvgIpc) is 3.15. The number of rotatable bonds is 3.